The van der Waals surface area contributed by atoms with Crippen LogP contribution in [0.3, 0.4) is 0 Å². The molecule has 0 amide bonds. The van der Waals surface area contributed by atoms with Crippen molar-refractivity contribution in [3.63, 3.8) is 0 Å². The molecule has 3 aliphatic rings. The molecule has 3 nitrogen and oxygen atoms in total. The summed E-state index contributed by atoms with van der Waals surface area (Å²) >= 11 is 0. The standard InChI is InChI=1S/C47H25N3/c1-49-37-24-34(27-15-6-3-7-16-27)40-32-20-12-19-31-39-33(26-13-4-2-5-14-26)23-28(25-48)38-42-29-17-8-10-21-35(29)47(42)36-22-11-9-18-30(36)43(47)41(37)46(40)50(44(31)32)45(38)39/h2-24,42-43H. The monoisotopic (exact) mass is 631 g/mol. The van der Waals surface area contributed by atoms with Gasteiger partial charge in [-0.3, -0.25) is 0 Å². The fraction of sp³-hybridized carbons (Fsp3) is 0.0638. The Morgan fingerprint density at radius 3 is 1.68 bits per heavy atom. The van der Waals surface area contributed by atoms with Gasteiger partial charge in [0.1, 0.15) is 0 Å². The fourth-order valence-electron chi connectivity index (χ4n) is 10.6. The highest BCUT2D eigenvalue weighted by molar-refractivity contribution is 6.30. The smallest absolute Gasteiger partial charge is 0.193 e. The van der Waals surface area contributed by atoms with E-state index in [4.69, 9.17) is 6.57 Å². The molecule has 7 aromatic carbocycles. The van der Waals surface area contributed by atoms with E-state index in [-0.39, 0.29) is 11.8 Å². The average molecular weight is 632 g/mol. The first-order chi connectivity index (χ1) is 24.8. The number of nitrogens with zero attached hydrogens (tertiary/aromatic N) is 3. The minimum absolute atomic E-state index is 0.0448. The van der Waals surface area contributed by atoms with Crippen LogP contribution < -0.4 is 0 Å². The van der Waals surface area contributed by atoms with Gasteiger partial charge in [-0.05, 0) is 62.2 Å². The van der Waals surface area contributed by atoms with E-state index in [1.54, 1.807) is 0 Å². The topological polar surface area (TPSA) is 32.6 Å². The van der Waals surface area contributed by atoms with E-state index >= 15 is 0 Å². The lowest BCUT2D eigenvalue weighted by atomic mass is 9.38. The highest BCUT2D eigenvalue weighted by Crippen LogP contribution is 2.75. The molecular weight excluding hydrogens is 607 g/mol. The quantitative estimate of drug-likeness (QED) is 0.175. The van der Waals surface area contributed by atoms with E-state index in [0.29, 0.717) is 5.69 Å². The van der Waals surface area contributed by atoms with Crippen LogP contribution in [0.25, 0.3) is 65.2 Å². The zero-order valence-corrected chi connectivity index (χ0v) is 26.8. The summed E-state index contributed by atoms with van der Waals surface area (Å²) in [4.78, 5) is 4.38. The van der Waals surface area contributed by atoms with Gasteiger partial charge in [0.15, 0.2) is 5.69 Å². The molecule has 0 fully saturated rings. The zero-order valence-electron chi connectivity index (χ0n) is 26.8. The molecule has 1 aliphatic heterocycles. The summed E-state index contributed by atoms with van der Waals surface area (Å²) in [5.74, 6) is -0.0919. The van der Waals surface area contributed by atoms with Crippen molar-refractivity contribution in [2.24, 2.45) is 0 Å². The van der Waals surface area contributed by atoms with Crippen LogP contribution in [-0.4, -0.2) is 4.40 Å². The maximum atomic E-state index is 11.2. The average Bonchev–Trinajstić information content (AvgIpc) is 3.69. The van der Waals surface area contributed by atoms with E-state index in [9.17, 15) is 5.26 Å². The number of rotatable bonds is 2. The Kier molecular flexibility index (Phi) is 4.66. The van der Waals surface area contributed by atoms with Crippen molar-refractivity contribution in [1.82, 2.24) is 4.40 Å². The number of nitriles is 1. The molecule has 3 heterocycles. The van der Waals surface area contributed by atoms with Crippen molar-refractivity contribution in [2.75, 3.05) is 0 Å². The number of benzene rings is 7. The van der Waals surface area contributed by atoms with Crippen LogP contribution in [0.5, 0.6) is 0 Å². The van der Waals surface area contributed by atoms with Crippen LogP contribution in [0.15, 0.2) is 140 Å². The van der Waals surface area contributed by atoms with Gasteiger partial charge >= 0.3 is 0 Å². The Morgan fingerprint density at radius 1 is 0.580 bits per heavy atom. The minimum Gasteiger partial charge on any atom is -0.309 e. The molecule has 0 saturated heterocycles. The lowest BCUT2D eigenvalue weighted by Crippen LogP contribution is -2.57. The third-order valence-corrected chi connectivity index (χ3v) is 12.2. The molecule has 3 atom stereocenters. The molecule has 2 aromatic heterocycles. The first-order valence-electron chi connectivity index (χ1n) is 17.2. The van der Waals surface area contributed by atoms with Crippen LogP contribution in [0.4, 0.5) is 5.69 Å². The summed E-state index contributed by atoms with van der Waals surface area (Å²) in [5, 5.41) is 15.9. The second kappa shape index (κ2) is 8.86. The summed E-state index contributed by atoms with van der Waals surface area (Å²) in [5.41, 5.74) is 16.2. The predicted molar refractivity (Wildman–Crippen MR) is 200 cm³/mol. The predicted octanol–water partition coefficient (Wildman–Crippen LogP) is 11.5. The summed E-state index contributed by atoms with van der Waals surface area (Å²) in [7, 11) is 0. The SMILES string of the molecule is [C-]#[N+]c1cc(-c2ccccc2)c2c3cccc4c5c(-c6ccccc6)cc(C#N)c6c5n(c2c1C1c2ccccc2C12c1ccccc1C62)c43. The van der Waals surface area contributed by atoms with Crippen LogP contribution in [-0.2, 0) is 5.41 Å². The van der Waals surface area contributed by atoms with E-state index in [1.165, 1.54) is 49.3 Å². The molecule has 50 heavy (non-hydrogen) atoms. The third kappa shape index (κ3) is 2.71. The third-order valence-electron chi connectivity index (χ3n) is 12.2. The molecule has 12 rings (SSSR count). The van der Waals surface area contributed by atoms with Gasteiger partial charge < -0.3 is 4.40 Å². The van der Waals surface area contributed by atoms with E-state index in [0.717, 1.165) is 50.0 Å². The van der Waals surface area contributed by atoms with Crippen molar-refractivity contribution in [3.05, 3.63) is 190 Å². The molecule has 0 N–H and O–H groups in total. The van der Waals surface area contributed by atoms with Gasteiger partial charge in [-0.15, -0.1) is 0 Å². The minimum atomic E-state index is -0.399. The first kappa shape index (κ1) is 26.3. The van der Waals surface area contributed by atoms with E-state index < -0.39 is 5.41 Å². The van der Waals surface area contributed by atoms with Crippen molar-refractivity contribution < 1.29 is 0 Å². The van der Waals surface area contributed by atoms with Crippen LogP contribution in [0, 0.1) is 17.9 Å². The van der Waals surface area contributed by atoms with E-state index in [1.807, 2.05) is 12.1 Å². The molecule has 228 valence electrons. The number of para-hydroxylation sites is 1. The zero-order chi connectivity index (χ0) is 32.9. The maximum Gasteiger partial charge on any atom is 0.193 e. The molecule has 2 aliphatic carbocycles. The second-order valence-electron chi connectivity index (χ2n) is 14.1. The molecular formula is C47H25N3. The Bertz CT molecular complexity index is 2860. The maximum absolute atomic E-state index is 11.2. The van der Waals surface area contributed by atoms with Crippen molar-refractivity contribution >= 4 is 43.8 Å². The Balaban J connectivity index is 1.43. The molecule has 0 bridgehead atoms. The highest BCUT2D eigenvalue weighted by atomic mass is 14.9. The van der Waals surface area contributed by atoms with Gasteiger partial charge in [0.25, 0.3) is 0 Å². The highest BCUT2D eigenvalue weighted by Gasteiger charge is 2.66. The molecule has 3 heteroatoms. The molecule has 0 saturated carbocycles. The molecule has 9 aromatic rings. The Hall–Kier alpha value is -6.68. The first-order valence-corrected chi connectivity index (χ1v) is 17.2. The van der Waals surface area contributed by atoms with Gasteiger partial charge in [0, 0.05) is 49.9 Å². The van der Waals surface area contributed by atoms with Gasteiger partial charge in [0.05, 0.1) is 29.2 Å². The van der Waals surface area contributed by atoms with Crippen molar-refractivity contribution in [1.29, 1.82) is 5.26 Å². The lowest BCUT2D eigenvalue weighted by Gasteiger charge is -2.64. The van der Waals surface area contributed by atoms with Crippen LogP contribution >= 0.6 is 0 Å². The fourth-order valence-corrected chi connectivity index (χ4v) is 10.6. The Morgan fingerprint density at radius 2 is 1.10 bits per heavy atom. The van der Waals surface area contributed by atoms with Gasteiger partial charge in [-0.1, -0.05) is 127 Å². The second-order valence-corrected chi connectivity index (χ2v) is 14.1. The van der Waals surface area contributed by atoms with Crippen LogP contribution in [0.2, 0.25) is 0 Å². The van der Waals surface area contributed by atoms with Crippen molar-refractivity contribution in [3.8, 4) is 28.3 Å². The molecule has 0 radical (unpaired) electrons. The van der Waals surface area contributed by atoms with Gasteiger partial charge in [0.2, 0.25) is 0 Å². The van der Waals surface area contributed by atoms with Crippen molar-refractivity contribution in [2.45, 2.75) is 17.3 Å². The summed E-state index contributed by atoms with van der Waals surface area (Å²) in [6, 6.07) is 52.5. The number of hydrogen-bond donors (Lipinski definition) is 0. The normalized spacial score (nSPS) is 19.2. The van der Waals surface area contributed by atoms with E-state index in [2.05, 4.69) is 143 Å². The summed E-state index contributed by atoms with van der Waals surface area (Å²) in [6.45, 7) is 8.76. The van der Waals surface area contributed by atoms with Gasteiger partial charge in [-0.2, -0.15) is 5.26 Å². The summed E-state index contributed by atoms with van der Waals surface area (Å²) < 4.78 is 2.49. The largest absolute Gasteiger partial charge is 0.309 e. The molecule has 3 unspecified atom stereocenters. The van der Waals surface area contributed by atoms with Gasteiger partial charge in [-0.25, -0.2) is 4.85 Å². The lowest BCUT2D eigenvalue weighted by molar-refractivity contribution is 0.298. The van der Waals surface area contributed by atoms with Crippen LogP contribution in [0.1, 0.15) is 50.8 Å². The number of hydrogen-bond acceptors (Lipinski definition) is 1. The number of aromatic nitrogens is 1. The summed E-state index contributed by atoms with van der Waals surface area (Å²) in [6.07, 6.45) is 0. The molecule has 1 spiro atoms. The number of fused-ring (bicyclic) bond motifs is 8. The Labute approximate surface area is 288 Å².